The molecule has 0 radical (unpaired) electrons. The summed E-state index contributed by atoms with van der Waals surface area (Å²) in [6.07, 6.45) is 5.31. The van der Waals surface area contributed by atoms with Crippen LogP contribution in [0, 0.1) is 12.3 Å². The highest BCUT2D eigenvalue weighted by molar-refractivity contribution is 5.69. The van der Waals surface area contributed by atoms with E-state index in [4.69, 9.17) is 39.6 Å². The molecular formula is C18H32O8. The topological polar surface area (TPSA) is 81.7 Å². The van der Waals surface area contributed by atoms with Crippen LogP contribution in [0.25, 0.3) is 0 Å². The van der Waals surface area contributed by atoms with E-state index in [1.165, 1.54) is 0 Å². The predicted molar refractivity (Wildman–Crippen MR) is 95.0 cm³/mol. The SMILES string of the molecule is C#CCOCCOCCOCCOCCOCCOCCC(=O)OCC. The lowest BCUT2D eigenvalue weighted by atomic mass is 10.5. The van der Waals surface area contributed by atoms with E-state index in [2.05, 4.69) is 5.92 Å². The first-order valence-corrected chi connectivity index (χ1v) is 8.86. The predicted octanol–water partition coefficient (Wildman–Crippen LogP) is 0.672. The van der Waals surface area contributed by atoms with Gasteiger partial charge in [-0.25, -0.2) is 0 Å². The first kappa shape index (κ1) is 24.8. The second-order valence-electron chi connectivity index (χ2n) is 4.87. The molecule has 8 nitrogen and oxygen atoms in total. The number of rotatable bonds is 20. The number of hydrogen-bond acceptors (Lipinski definition) is 8. The summed E-state index contributed by atoms with van der Waals surface area (Å²) in [6.45, 7) is 7.74. The van der Waals surface area contributed by atoms with E-state index >= 15 is 0 Å². The van der Waals surface area contributed by atoms with Crippen LogP contribution in [0.5, 0.6) is 0 Å². The van der Waals surface area contributed by atoms with Crippen LogP contribution in [-0.4, -0.2) is 91.9 Å². The van der Waals surface area contributed by atoms with Gasteiger partial charge in [-0.2, -0.15) is 0 Å². The Morgan fingerprint density at radius 2 is 1.08 bits per heavy atom. The van der Waals surface area contributed by atoms with Gasteiger partial charge in [0.05, 0.1) is 85.7 Å². The fourth-order valence-electron chi connectivity index (χ4n) is 1.62. The molecule has 0 unspecified atom stereocenters. The molecule has 0 N–H and O–H groups in total. The van der Waals surface area contributed by atoms with Gasteiger partial charge >= 0.3 is 5.97 Å². The molecule has 0 heterocycles. The molecule has 152 valence electrons. The van der Waals surface area contributed by atoms with Crippen LogP contribution in [0.3, 0.4) is 0 Å². The van der Waals surface area contributed by atoms with E-state index in [0.29, 0.717) is 85.9 Å². The van der Waals surface area contributed by atoms with Crippen LogP contribution >= 0.6 is 0 Å². The third-order valence-corrected chi connectivity index (χ3v) is 2.80. The maximum atomic E-state index is 11.0. The van der Waals surface area contributed by atoms with E-state index in [0.717, 1.165) is 0 Å². The third kappa shape index (κ3) is 20.8. The average molecular weight is 376 g/mol. The Kier molecular flexibility index (Phi) is 20.8. The molecule has 0 spiro atoms. The van der Waals surface area contributed by atoms with Crippen molar-refractivity contribution in [2.75, 3.05) is 85.9 Å². The number of carbonyl (C=O) groups excluding carboxylic acids is 1. The van der Waals surface area contributed by atoms with Gasteiger partial charge in [-0.15, -0.1) is 6.42 Å². The molecule has 0 rings (SSSR count). The van der Waals surface area contributed by atoms with E-state index < -0.39 is 0 Å². The van der Waals surface area contributed by atoms with Crippen molar-refractivity contribution in [1.82, 2.24) is 0 Å². The number of esters is 1. The standard InChI is InChI=1S/C18H32O8/c1-3-6-20-8-10-22-12-14-24-16-17-25-15-13-23-11-9-21-7-5-18(19)26-4-2/h1H,4-17H2,2H3. The van der Waals surface area contributed by atoms with Gasteiger partial charge in [0.15, 0.2) is 0 Å². The number of carbonyl (C=O) groups is 1. The number of ether oxygens (including phenoxy) is 7. The molecule has 0 fully saturated rings. The summed E-state index contributed by atoms with van der Waals surface area (Å²) in [5, 5.41) is 0. The van der Waals surface area contributed by atoms with Crippen LogP contribution in [0.1, 0.15) is 13.3 Å². The first-order valence-electron chi connectivity index (χ1n) is 8.86. The Labute approximate surface area is 156 Å². The maximum Gasteiger partial charge on any atom is 0.308 e. The van der Waals surface area contributed by atoms with Gasteiger partial charge in [0.2, 0.25) is 0 Å². The zero-order valence-corrected chi connectivity index (χ0v) is 15.7. The van der Waals surface area contributed by atoms with Gasteiger partial charge in [0.25, 0.3) is 0 Å². The van der Waals surface area contributed by atoms with E-state index in [9.17, 15) is 4.79 Å². The molecule has 0 saturated carbocycles. The average Bonchev–Trinajstić information content (AvgIpc) is 2.64. The fraction of sp³-hybridized carbons (Fsp3) is 0.833. The molecule has 26 heavy (non-hydrogen) atoms. The minimum absolute atomic E-state index is 0.246. The van der Waals surface area contributed by atoms with Crippen molar-refractivity contribution in [3.8, 4) is 12.3 Å². The van der Waals surface area contributed by atoms with Crippen molar-refractivity contribution in [1.29, 1.82) is 0 Å². The van der Waals surface area contributed by atoms with Crippen molar-refractivity contribution in [3.63, 3.8) is 0 Å². The molecule has 0 aliphatic carbocycles. The Bertz CT molecular complexity index is 343. The smallest absolute Gasteiger partial charge is 0.308 e. The molecular weight excluding hydrogens is 344 g/mol. The summed E-state index contributed by atoms with van der Waals surface area (Å²) in [4.78, 5) is 11.0. The monoisotopic (exact) mass is 376 g/mol. The summed E-state index contributed by atoms with van der Waals surface area (Å²) in [5.74, 6) is 2.14. The highest BCUT2D eigenvalue weighted by Crippen LogP contribution is 1.89. The first-order chi connectivity index (χ1) is 12.8. The molecule has 0 aliphatic rings. The molecule has 0 aliphatic heterocycles. The van der Waals surface area contributed by atoms with E-state index in [1.54, 1.807) is 6.92 Å². The summed E-state index contributed by atoms with van der Waals surface area (Å²) < 4.78 is 36.4. The molecule has 0 amide bonds. The normalized spacial score (nSPS) is 10.6. The zero-order valence-electron chi connectivity index (χ0n) is 15.7. The summed E-state index contributed by atoms with van der Waals surface area (Å²) in [5.41, 5.74) is 0. The van der Waals surface area contributed by atoms with Crippen LogP contribution in [0.2, 0.25) is 0 Å². The lowest BCUT2D eigenvalue weighted by Gasteiger charge is -2.08. The highest BCUT2D eigenvalue weighted by Gasteiger charge is 2.00. The van der Waals surface area contributed by atoms with Gasteiger partial charge < -0.3 is 33.2 Å². The Morgan fingerprint density at radius 3 is 1.46 bits per heavy atom. The molecule has 0 bridgehead atoms. The van der Waals surface area contributed by atoms with Gasteiger partial charge in [-0.05, 0) is 6.92 Å². The second kappa shape index (κ2) is 21.8. The van der Waals surface area contributed by atoms with Crippen molar-refractivity contribution < 1.29 is 38.0 Å². The molecule has 0 aromatic carbocycles. The summed E-state index contributed by atoms with van der Waals surface area (Å²) in [6, 6.07) is 0. The van der Waals surface area contributed by atoms with E-state index in [-0.39, 0.29) is 12.4 Å². The fourth-order valence-corrected chi connectivity index (χ4v) is 1.62. The lowest BCUT2D eigenvalue weighted by molar-refractivity contribution is -0.144. The van der Waals surface area contributed by atoms with E-state index in [1.807, 2.05) is 0 Å². The molecule has 8 heteroatoms. The van der Waals surface area contributed by atoms with Gasteiger partial charge in [0.1, 0.15) is 6.61 Å². The Morgan fingerprint density at radius 1 is 0.692 bits per heavy atom. The van der Waals surface area contributed by atoms with Gasteiger partial charge in [-0.1, -0.05) is 5.92 Å². The minimum Gasteiger partial charge on any atom is -0.466 e. The van der Waals surface area contributed by atoms with Gasteiger partial charge in [0, 0.05) is 0 Å². The number of terminal acetylenes is 1. The largest absolute Gasteiger partial charge is 0.466 e. The summed E-state index contributed by atoms with van der Waals surface area (Å²) >= 11 is 0. The Hall–Kier alpha value is -1.21. The molecule has 0 atom stereocenters. The van der Waals surface area contributed by atoms with Crippen molar-refractivity contribution >= 4 is 5.97 Å². The molecule has 0 aromatic heterocycles. The lowest BCUT2D eigenvalue weighted by Crippen LogP contribution is -2.14. The number of hydrogen-bond donors (Lipinski definition) is 0. The van der Waals surface area contributed by atoms with Crippen LogP contribution in [0.4, 0.5) is 0 Å². The van der Waals surface area contributed by atoms with Crippen LogP contribution < -0.4 is 0 Å². The summed E-state index contributed by atoms with van der Waals surface area (Å²) in [7, 11) is 0. The highest BCUT2D eigenvalue weighted by atomic mass is 16.6. The minimum atomic E-state index is -0.246. The Balaban J connectivity index is 3.03. The van der Waals surface area contributed by atoms with Crippen molar-refractivity contribution in [2.24, 2.45) is 0 Å². The second-order valence-corrected chi connectivity index (χ2v) is 4.87. The zero-order chi connectivity index (χ0) is 19.1. The van der Waals surface area contributed by atoms with Crippen molar-refractivity contribution in [2.45, 2.75) is 13.3 Å². The van der Waals surface area contributed by atoms with Crippen LogP contribution in [0.15, 0.2) is 0 Å². The third-order valence-electron chi connectivity index (χ3n) is 2.80. The molecule has 0 saturated heterocycles. The molecule has 0 aromatic rings. The van der Waals surface area contributed by atoms with Crippen molar-refractivity contribution in [3.05, 3.63) is 0 Å². The quantitative estimate of drug-likeness (QED) is 0.174. The van der Waals surface area contributed by atoms with Crippen LogP contribution in [-0.2, 0) is 38.0 Å². The maximum absolute atomic E-state index is 11.0. The van der Waals surface area contributed by atoms with Gasteiger partial charge in [-0.3, -0.25) is 4.79 Å².